The minimum atomic E-state index is -4.51. The van der Waals surface area contributed by atoms with E-state index in [-0.39, 0.29) is 24.4 Å². The van der Waals surface area contributed by atoms with E-state index in [1.54, 1.807) is 23.5 Å². The summed E-state index contributed by atoms with van der Waals surface area (Å²) in [6.07, 6.45) is 5.18. The highest BCUT2D eigenvalue weighted by Crippen LogP contribution is 2.37. The molecule has 3 fully saturated rings. The number of nitrogens with zero attached hydrogens (tertiary/aromatic N) is 3. The monoisotopic (exact) mass is 592 g/mol. The number of amides is 2. The summed E-state index contributed by atoms with van der Waals surface area (Å²) in [5.41, 5.74) is 1.32. The van der Waals surface area contributed by atoms with Crippen molar-refractivity contribution in [1.82, 2.24) is 19.5 Å². The van der Waals surface area contributed by atoms with Gasteiger partial charge in [-0.15, -0.1) is 11.3 Å². The maximum Gasteiger partial charge on any atom is 0.293 e. The van der Waals surface area contributed by atoms with E-state index in [9.17, 15) is 27.6 Å². The van der Waals surface area contributed by atoms with Crippen molar-refractivity contribution in [2.24, 2.45) is 5.92 Å². The van der Waals surface area contributed by atoms with Crippen LogP contribution >= 0.6 is 11.3 Å². The lowest BCUT2D eigenvalue weighted by atomic mass is 10.1. The Bertz CT molecular complexity index is 1590. The van der Waals surface area contributed by atoms with E-state index in [0.29, 0.717) is 17.9 Å². The van der Waals surface area contributed by atoms with Crippen LogP contribution < -0.4 is 5.32 Å². The first-order chi connectivity index (χ1) is 19.7. The van der Waals surface area contributed by atoms with Gasteiger partial charge in [0.15, 0.2) is 5.78 Å². The Morgan fingerprint density at radius 2 is 1.80 bits per heavy atom. The molecule has 2 aromatic heterocycles. The number of fused-ring (bicyclic) bond motifs is 1. The van der Waals surface area contributed by atoms with Gasteiger partial charge in [-0.2, -0.15) is 4.31 Å². The van der Waals surface area contributed by atoms with Gasteiger partial charge in [0, 0.05) is 29.4 Å². The molecule has 0 spiro atoms. The van der Waals surface area contributed by atoms with Gasteiger partial charge < -0.3 is 10.2 Å². The Morgan fingerprint density at radius 1 is 1.02 bits per heavy atom. The maximum absolute atomic E-state index is 13.8. The highest BCUT2D eigenvalue weighted by molar-refractivity contribution is 8.04. The quantitative estimate of drug-likeness (QED) is 0.425. The topological polar surface area (TPSA) is 134 Å². The van der Waals surface area contributed by atoms with Crippen molar-refractivity contribution in [3.8, 4) is 10.4 Å². The number of sulfonamides is 1. The van der Waals surface area contributed by atoms with Crippen molar-refractivity contribution >= 4 is 44.1 Å². The van der Waals surface area contributed by atoms with E-state index in [1.807, 2.05) is 29.6 Å². The molecule has 2 aliphatic heterocycles. The number of rotatable bonds is 8. The summed E-state index contributed by atoms with van der Waals surface area (Å²) in [6, 6.07) is 11.3. The minimum absolute atomic E-state index is 0.0926. The minimum Gasteiger partial charge on any atom is -0.340 e. The molecule has 212 valence electrons. The van der Waals surface area contributed by atoms with E-state index in [4.69, 9.17) is 0 Å². The van der Waals surface area contributed by atoms with Crippen LogP contribution in [0.25, 0.3) is 10.4 Å². The number of hydrogen-bond acceptors (Lipinski definition) is 8. The molecule has 3 unspecified atom stereocenters. The summed E-state index contributed by atoms with van der Waals surface area (Å²) in [7, 11) is -4.51. The number of likely N-dealkylation sites (tertiary alicyclic amines) is 1. The molecule has 4 heterocycles. The van der Waals surface area contributed by atoms with E-state index in [0.717, 1.165) is 27.6 Å². The first-order valence-electron chi connectivity index (χ1n) is 13.5. The second-order valence-corrected chi connectivity index (χ2v) is 13.4. The Balaban J connectivity index is 1.18. The summed E-state index contributed by atoms with van der Waals surface area (Å²) in [5, 5.41) is 3.73. The van der Waals surface area contributed by atoms with Crippen LogP contribution in [0.15, 0.2) is 66.3 Å². The van der Waals surface area contributed by atoms with Crippen LogP contribution in [0.1, 0.15) is 46.4 Å². The molecule has 3 aliphatic rings. The lowest BCUT2D eigenvalue weighted by Gasteiger charge is -2.28. The standard InChI is InChI=1S/C29H28N4O6S2/c34-24-17-33(41(38,39)29(37)21-3-1-12-30-16-21)23-11-13-32(26(23)24)28(36)22(15-18-5-6-18)31-27(35)20-9-7-19(8-10-20)25-4-2-14-40-25/h1-4,7-10,12,14,16,18,22-23,26H,5-6,11,13,15,17H2,(H,31,35). The van der Waals surface area contributed by atoms with E-state index in [2.05, 4.69) is 10.3 Å². The van der Waals surface area contributed by atoms with Crippen LogP contribution in [0.5, 0.6) is 0 Å². The van der Waals surface area contributed by atoms with Crippen LogP contribution in [0.2, 0.25) is 0 Å². The summed E-state index contributed by atoms with van der Waals surface area (Å²) in [4.78, 5) is 59.2. The molecule has 10 nitrogen and oxygen atoms in total. The third-order valence-corrected chi connectivity index (χ3v) is 10.6. The molecule has 2 saturated heterocycles. The van der Waals surface area contributed by atoms with E-state index < -0.39 is 51.5 Å². The molecule has 0 radical (unpaired) electrons. The lowest BCUT2D eigenvalue weighted by molar-refractivity contribution is -0.138. The summed E-state index contributed by atoms with van der Waals surface area (Å²) in [6.45, 7) is -0.330. The molecule has 12 heteroatoms. The maximum atomic E-state index is 13.8. The van der Waals surface area contributed by atoms with Gasteiger partial charge in [-0.1, -0.05) is 31.0 Å². The van der Waals surface area contributed by atoms with Gasteiger partial charge in [-0.25, -0.2) is 8.42 Å². The van der Waals surface area contributed by atoms with Gasteiger partial charge in [0.2, 0.25) is 5.91 Å². The fourth-order valence-corrected chi connectivity index (χ4v) is 7.90. The Hall–Kier alpha value is -3.74. The molecular formula is C29H28N4O6S2. The number of carbonyl (C=O) groups excluding carboxylic acids is 4. The zero-order chi connectivity index (χ0) is 28.7. The van der Waals surface area contributed by atoms with Gasteiger partial charge in [0.25, 0.3) is 21.0 Å². The number of aromatic nitrogens is 1. The molecule has 0 bridgehead atoms. The van der Waals surface area contributed by atoms with Crippen molar-refractivity contribution in [1.29, 1.82) is 0 Å². The molecule has 1 aliphatic carbocycles. The number of pyridine rings is 1. The third kappa shape index (κ3) is 5.34. The van der Waals surface area contributed by atoms with Crippen molar-refractivity contribution in [2.75, 3.05) is 13.1 Å². The van der Waals surface area contributed by atoms with Gasteiger partial charge in [-0.05, 0) is 60.0 Å². The average molecular weight is 593 g/mol. The first-order valence-corrected chi connectivity index (χ1v) is 15.8. The second kappa shape index (κ2) is 10.9. The third-order valence-electron chi connectivity index (χ3n) is 7.92. The zero-order valence-electron chi connectivity index (χ0n) is 22.0. The number of Topliss-reactive ketones (excluding diaryl/α,β-unsaturated/α-hetero) is 1. The molecule has 1 N–H and O–H groups in total. The molecule has 6 rings (SSSR count). The Kier molecular flexibility index (Phi) is 7.30. The zero-order valence-corrected chi connectivity index (χ0v) is 23.6. The summed E-state index contributed by atoms with van der Waals surface area (Å²) >= 11 is 1.60. The molecule has 3 atom stereocenters. The SMILES string of the molecule is O=C(NC(CC1CC1)C(=O)N1CCC2C1C(=O)CN2S(=O)(=O)C(=O)c1cccnc1)c1ccc(-c2cccs2)cc1. The molecular weight excluding hydrogens is 564 g/mol. The molecule has 1 aromatic carbocycles. The van der Waals surface area contributed by atoms with E-state index >= 15 is 0 Å². The Morgan fingerprint density at radius 3 is 2.46 bits per heavy atom. The number of benzene rings is 1. The first kappa shape index (κ1) is 27.4. The van der Waals surface area contributed by atoms with Crippen LogP contribution in [0.4, 0.5) is 0 Å². The molecule has 2 amide bonds. The second-order valence-electron chi connectivity index (χ2n) is 10.6. The smallest absolute Gasteiger partial charge is 0.293 e. The van der Waals surface area contributed by atoms with Crippen molar-refractivity contribution in [3.63, 3.8) is 0 Å². The summed E-state index contributed by atoms with van der Waals surface area (Å²) in [5.74, 6) is -0.929. The molecule has 3 aromatic rings. The normalized spacial score (nSPS) is 21.5. The average Bonchev–Trinajstić information content (AvgIpc) is 3.34. The van der Waals surface area contributed by atoms with Gasteiger partial charge in [0.05, 0.1) is 18.2 Å². The number of thiophene rings is 1. The predicted octanol–water partition coefficient (Wildman–Crippen LogP) is 2.73. The number of carbonyl (C=O) groups is 4. The van der Waals surface area contributed by atoms with Crippen LogP contribution in [0.3, 0.4) is 0 Å². The predicted molar refractivity (Wildman–Crippen MR) is 151 cm³/mol. The number of ketones is 1. The Labute approximate surface area is 241 Å². The van der Waals surface area contributed by atoms with Gasteiger partial charge in [-0.3, -0.25) is 24.2 Å². The largest absolute Gasteiger partial charge is 0.340 e. The molecule has 1 saturated carbocycles. The van der Waals surface area contributed by atoms with Gasteiger partial charge >= 0.3 is 0 Å². The highest BCUT2D eigenvalue weighted by Gasteiger charge is 2.55. The summed E-state index contributed by atoms with van der Waals surface area (Å²) < 4.78 is 27.4. The van der Waals surface area contributed by atoms with Crippen molar-refractivity contribution in [3.05, 3.63) is 77.4 Å². The fourth-order valence-electron chi connectivity index (χ4n) is 5.66. The van der Waals surface area contributed by atoms with Crippen LogP contribution in [-0.2, 0) is 19.6 Å². The lowest BCUT2D eigenvalue weighted by Crippen LogP contribution is -2.52. The molecule has 41 heavy (non-hydrogen) atoms. The van der Waals surface area contributed by atoms with E-state index in [1.165, 1.54) is 29.4 Å². The van der Waals surface area contributed by atoms with Crippen LogP contribution in [0, 0.1) is 5.92 Å². The van der Waals surface area contributed by atoms with Crippen molar-refractivity contribution in [2.45, 2.75) is 43.8 Å². The van der Waals surface area contributed by atoms with Crippen molar-refractivity contribution < 1.29 is 27.6 Å². The highest BCUT2D eigenvalue weighted by atomic mass is 32.2. The van der Waals surface area contributed by atoms with Crippen LogP contribution in [-0.4, -0.2) is 76.5 Å². The number of hydrogen-bond donors (Lipinski definition) is 1. The fraction of sp³-hybridized carbons (Fsp3) is 0.345. The van der Waals surface area contributed by atoms with Gasteiger partial charge in [0.1, 0.15) is 12.1 Å². The number of nitrogens with one attached hydrogen (secondary N) is 1.